The first-order valence-corrected chi connectivity index (χ1v) is 8.81. The van der Waals surface area contributed by atoms with Gasteiger partial charge in [0.2, 0.25) is 0 Å². The molecule has 3 aromatic carbocycles. The molecule has 3 rings (SSSR count). The molecule has 0 aliphatic heterocycles. The molecule has 0 saturated carbocycles. The molecule has 6 nitrogen and oxygen atoms in total. The van der Waals surface area contributed by atoms with Gasteiger partial charge in [0.05, 0.1) is 5.56 Å². The molecule has 6 heteroatoms. The third kappa shape index (κ3) is 5.40. The average molecular weight is 386 g/mol. The molecule has 0 spiro atoms. The molecule has 0 atom stereocenters. The van der Waals surface area contributed by atoms with Gasteiger partial charge >= 0.3 is 5.97 Å². The van der Waals surface area contributed by atoms with Crippen LogP contribution in [0.5, 0.6) is 0 Å². The summed E-state index contributed by atoms with van der Waals surface area (Å²) in [5, 5.41) is 14.4. The second kappa shape index (κ2) is 9.14. The van der Waals surface area contributed by atoms with Gasteiger partial charge in [-0.15, -0.1) is 0 Å². The molecular formula is C23H18N2O4. The molecule has 0 aliphatic rings. The number of carbonyl (C=O) groups is 3. The Morgan fingerprint density at radius 3 is 2.03 bits per heavy atom. The maximum absolute atomic E-state index is 12.8. The van der Waals surface area contributed by atoms with E-state index in [0.717, 1.165) is 5.56 Å². The third-order valence-electron chi connectivity index (χ3n) is 4.01. The molecular weight excluding hydrogens is 368 g/mol. The SMILES string of the molecule is O=C(Nc1cccc(C(=O)O)c1)C(=Cc1ccccc1)NC(=O)c1ccccc1. The summed E-state index contributed by atoms with van der Waals surface area (Å²) in [6.45, 7) is 0. The first-order chi connectivity index (χ1) is 14.0. The Balaban J connectivity index is 1.87. The average Bonchev–Trinajstić information content (AvgIpc) is 2.74. The molecule has 0 fully saturated rings. The highest BCUT2D eigenvalue weighted by molar-refractivity contribution is 6.10. The van der Waals surface area contributed by atoms with Crippen molar-refractivity contribution in [3.63, 3.8) is 0 Å². The van der Waals surface area contributed by atoms with Crippen LogP contribution in [0.3, 0.4) is 0 Å². The van der Waals surface area contributed by atoms with Crippen molar-refractivity contribution >= 4 is 29.5 Å². The van der Waals surface area contributed by atoms with Crippen LogP contribution < -0.4 is 10.6 Å². The fourth-order valence-electron chi connectivity index (χ4n) is 2.59. The lowest BCUT2D eigenvalue weighted by Gasteiger charge is -2.12. The minimum absolute atomic E-state index is 0.0331. The number of carboxylic acid groups (broad SMARTS) is 1. The van der Waals surface area contributed by atoms with Crippen LogP contribution in [0.25, 0.3) is 6.08 Å². The largest absolute Gasteiger partial charge is 0.478 e. The van der Waals surface area contributed by atoms with Gasteiger partial charge < -0.3 is 15.7 Å². The van der Waals surface area contributed by atoms with E-state index in [4.69, 9.17) is 5.11 Å². The minimum Gasteiger partial charge on any atom is -0.478 e. The lowest BCUT2D eigenvalue weighted by molar-refractivity contribution is -0.113. The van der Waals surface area contributed by atoms with Gasteiger partial charge in [-0.25, -0.2) is 4.79 Å². The van der Waals surface area contributed by atoms with Gasteiger partial charge in [-0.1, -0.05) is 54.6 Å². The van der Waals surface area contributed by atoms with Crippen LogP contribution in [0.4, 0.5) is 5.69 Å². The molecule has 3 N–H and O–H groups in total. The molecule has 0 saturated heterocycles. The van der Waals surface area contributed by atoms with Crippen molar-refractivity contribution in [2.75, 3.05) is 5.32 Å². The van der Waals surface area contributed by atoms with Gasteiger partial charge in [-0.3, -0.25) is 9.59 Å². The number of carbonyl (C=O) groups excluding carboxylic acids is 2. The number of anilines is 1. The van der Waals surface area contributed by atoms with Crippen molar-refractivity contribution in [2.24, 2.45) is 0 Å². The number of aromatic carboxylic acids is 1. The Morgan fingerprint density at radius 2 is 1.38 bits per heavy atom. The Labute approximate surface area is 167 Å². The fraction of sp³-hybridized carbons (Fsp3) is 0. The first kappa shape index (κ1) is 19.6. The van der Waals surface area contributed by atoms with E-state index in [1.807, 2.05) is 18.2 Å². The lowest BCUT2D eigenvalue weighted by Crippen LogP contribution is -2.30. The summed E-state index contributed by atoms with van der Waals surface area (Å²) < 4.78 is 0. The summed E-state index contributed by atoms with van der Waals surface area (Å²) in [7, 11) is 0. The maximum atomic E-state index is 12.8. The highest BCUT2D eigenvalue weighted by atomic mass is 16.4. The Bertz CT molecular complexity index is 1060. The Hall–Kier alpha value is -4.19. The van der Waals surface area contributed by atoms with Crippen molar-refractivity contribution in [1.82, 2.24) is 5.32 Å². The number of amides is 2. The highest BCUT2D eigenvalue weighted by Gasteiger charge is 2.15. The van der Waals surface area contributed by atoms with Crippen LogP contribution in [0.1, 0.15) is 26.3 Å². The van der Waals surface area contributed by atoms with E-state index in [0.29, 0.717) is 11.3 Å². The van der Waals surface area contributed by atoms with Gasteiger partial charge in [0.1, 0.15) is 5.70 Å². The number of nitrogens with one attached hydrogen (secondary N) is 2. The van der Waals surface area contributed by atoms with Crippen molar-refractivity contribution in [3.8, 4) is 0 Å². The first-order valence-electron chi connectivity index (χ1n) is 8.81. The number of hydrogen-bond acceptors (Lipinski definition) is 3. The second-order valence-corrected chi connectivity index (χ2v) is 6.13. The molecule has 0 bridgehead atoms. The van der Waals surface area contributed by atoms with Gasteiger partial charge in [-0.2, -0.15) is 0 Å². The fourth-order valence-corrected chi connectivity index (χ4v) is 2.59. The summed E-state index contributed by atoms with van der Waals surface area (Å²) in [5.74, 6) is -2.10. The monoisotopic (exact) mass is 386 g/mol. The standard InChI is InChI=1S/C23H18N2O4/c26-21(17-10-5-2-6-11-17)25-20(14-16-8-3-1-4-9-16)22(27)24-19-13-7-12-18(15-19)23(28)29/h1-15H,(H,24,27)(H,25,26)(H,28,29). The molecule has 3 aromatic rings. The number of rotatable bonds is 6. The van der Waals surface area contributed by atoms with Crippen molar-refractivity contribution in [2.45, 2.75) is 0 Å². The van der Waals surface area contributed by atoms with Crippen LogP contribution in [0.2, 0.25) is 0 Å². The number of carboxylic acids is 1. The van der Waals surface area contributed by atoms with Crippen molar-refractivity contribution in [1.29, 1.82) is 0 Å². The summed E-state index contributed by atoms with van der Waals surface area (Å²) in [4.78, 5) is 36.5. The molecule has 29 heavy (non-hydrogen) atoms. The van der Waals surface area contributed by atoms with E-state index in [1.165, 1.54) is 18.2 Å². The number of hydrogen-bond donors (Lipinski definition) is 3. The maximum Gasteiger partial charge on any atom is 0.335 e. The summed E-state index contributed by atoms with van der Waals surface area (Å²) >= 11 is 0. The zero-order valence-electron chi connectivity index (χ0n) is 15.3. The third-order valence-corrected chi connectivity index (χ3v) is 4.01. The summed E-state index contributed by atoms with van der Waals surface area (Å²) in [6, 6.07) is 23.5. The normalized spacial score (nSPS) is 10.8. The summed E-state index contributed by atoms with van der Waals surface area (Å²) in [6.07, 6.45) is 1.55. The van der Waals surface area contributed by atoms with Crippen LogP contribution in [-0.2, 0) is 4.79 Å². The topological polar surface area (TPSA) is 95.5 Å². The summed E-state index contributed by atoms with van der Waals surface area (Å²) in [5.41, 5.74) is 1.52. The number of benzene rings is 3. The van der Waals surface area contributed by atoms with E-state index in [1.54, 1.807) is 54.6 Å². The van der Waals surface area contributed by atoms with Gasteiger partial charge in [0, 0.05) is 11.3 Å². The van der Waals surface area contributed by atoms with Crippen LogP contribution in [0.15, 0.2) is 90.6 Å². The van der Waals surface area contributed by atoms with E-state index in [2.05, 4.69) is 10.6 Å². The quantitative estimate of drug-likeness (QED) is 0.562. The molecule has 0 unspecified atom stereocenters. The Kier molecular flexibility index (Phi) is 6.17. The zero-order chi connectivity index (χ0) is 20.6. The second-order valence-electron chi connectivity index (χ2n) is 6.13. The van der Waals surface area contributed by atoms with Gasteiger partial charge in [0.25, 0.3) is 11.8 Å². The van der Waals surface area contributed by atoms with Crippen molar-refractivity contribution in [3.05, 3.63) is 107 Å². The van der Waals surface area contributed by atoms with Gasteiger partial charge in [-0.05, 0) is 42.0 Å². The van der Waals surface area contributed by atoms with E-state index in [9.17, 15) is 14.4 Å². The molecule has 2 amide bonds. The van der Waals surface area contributed by atoms with Crippen LogP contribution >= 0.6 is 0 Å². The molecule has 0 heterocycles. The van der Waals surface area contributed by atoms with E-state index < -0.39 is 17.8 Å². The molecule has 0 radical (unpaired) electrons. The van der Waals surface area contributed by atoms with Crippen LogP contribution in [-0.4, -0.2) is 22.9 Å². The Morgan fingerprint density at radius 1 is 0.759 bits per heavy atom. The molecule has 0 aromatic heterocycles. The van der Waals surface area contributed by atoms with Crippen LogP contribution in [0, 0.1) is 0 Å². The predicted molar refractivity (Wildman–Crippen MR) is 110 cm³/mol. The molecule has 0 aliphatic carbocycles. The highest BCUT2D eigenvalue weighted by Crippen LogP contribution is 2.13. The smallest absolute Gasteiger partial charge is 0.335 e. The predicted octanol–water partition coefficient (Wildman–Crippen LogP) is 3.79. The van der Waals surface area contributed by atoms with E-state index in [-0.39, 0.29) is 11.3 Å². The lowest BCUT2D eigenvalue weighted by atomic mass is 10.1. The van der Waals surface area contributed by atoms with E-state index >= 15 is 0 Å². The zero-order valence-corrected chi connectivity index (χ0v) is 15.3. The molecule has 144 valence electrons. The van der Waals surface area contributed by atoms with Crippen molar-refractivity contribution < 1.29 is 19.5 Å². The minimum atomic E-state index is -1.10. The van der Waals surface area contributed by atoms with Gasteiger partial charge in [0.15, 0.2) is 0 Å².